The number of aliphatic hydroxyl groups excluding tert-OH is 1. The molecule has 0 saturated carbocycles. The summed E-state index contributed by atoms with van der Waals surface area (Å²) < 4.78 is 16.8. The second-order valence-corrected chi connectivity index (χ2v) is 9.59. The Balaban J connectivity index is 1.31. The maximum absolute atomic E-state index is 10.6. The summed E-state index contributed by atoms with van der Waals surface area (Å²) in [6, 6.07) is 22.9. The number of methoxy groups -OCH3 is 2. The van der Waals surface area contributed by atoms with Gasteiger partial charge in [-0.15, -0.1) is 0 Å². The third-order valence-corrected chi connectivity index (χ3v) is 6.93. The van der Waals surface area contributed by atoms with Gasteiger partial charge < -0.3 is 24.2 Å². The molecule has 1 heterocycles. The summed E-state index contributed by atoms with van der Waals surface area (Å²) in [5, 5.41) is 10.6. The highest BCUT2D eigenvalue weighted by Crippen LogP contribution is 2.33. The number of benzene rings is 3. The van der Waals surface area contributed by atoms with Crippen LogP contribution >= 0.6 is 0 Å². The first kappa shape index (κ1) is 24.1. The molecule has 180 valence electrons. The van der Waals surface area contributed by atoms with Crippen LogP contribution < -0.4 is 19.1 Å². The van der Waals surface area contributed by atoms with Gasteiger partial charge in [-0.1, -0.05) is 56.3 Å². The van der Waals surface area contributed by atoms with Crippen molar-refractivity contribution >= 4 is 0 Å². The fraction of sp³-hybridized carbons (Fsp3) is 0.379. The van der Waals surface area contributed by atoms with E-state index in [1.807, 2.05) is 18.2 Å². The van der Waals surface area contributed by atoms with Gasteiger partial charge in [0.25, 0.3) is 0 Å². The molecule has 2 N–H and O–H groups in total. The molecule has 3 aromatic carbocycles. The standard InChI is InChI=1S/C29H35NO4/c1-29(2,23-8-6-5-7-9-23)24-10-12-26(13-11-24)34-20-25(31)19-30-15-14-21-16-27(32-3)28(33-4)17-22(21)18-30/h5-13,16-17,25,31H,14-15,18-20H2,1-4H3/p+1/t25-/m0/s1. The van der Waals surface area contributed by atoms with Crippen molar-refractivity contribution in [3.63, 3.8) is 0 Å². The number of hydrogen-bond donors (Lipinski definition) is 2. The number of hydrogen-bond acceptors (Lipinski definition) is 4. The van der Waals surface area contributed by atoms with Crippen molar-refractivity contribution in [1.82, 2.24) is 0 Å². The Morgan fingerprint density at radius 1 is 0.882 bits per heavy atom. The summed E-state index contributed by atoms with van der Waals surface area (Å²) in [5.74, 6) is 2.31. The fourth-order valence-electron chi connectivity index (χ4n) is 4.78. The van der Waals surface area contributed by atoms with E-state index in [2.05, 4.69) is 62.4 Å². The number of rotatable bonds is 9. The SMILES string of the molecule is COc1cc2c(cc1OC)C[NH+](C[C@H](O)COc1ccc(C(C)(C)c3ccccc3)cc1)CC2. The van der Waals surface area contributed by atoms with Crippen molar-refractivity contribution in [3.8, 4) is 17.2 Å². The summed E-state index contributed by atoms with van der Waals surface area (Å²) >= 11 is 0. The van der Waals surface area contributed by atoms with Gasteiger partial charge in [0.1, 0.15) is 31.5 Å². The quantitative estimate of drug-likeness (QED) is 0.512. The maximum Gasteiger partial charge on any atom is 0.161 e. The van der Waals surface area contributed by atoms with E-state index in [0.717, 1.165) is 36.8 Å². The number of nitrogens with one attached hydrogen (secondary N) is 1. The average molecular weight is 463 g/mol. The summed E-state index contributed by atoms with van der Waals surface area (Å²) in [5.41, 5.74) is 4.98. The monoisotopic (exact) mass is 462 g/mol. The summed E-state index contributed by atoms with van der Waals surface area (Å²) in [4.78, 5) is 1.34. The van der Waals surface area contributed by atoms with Crippen molar-refractivity contribution in [1.29, 1.82) is 0 Å². The van der Waals surface area contributed by atoms with E-state index in [9.17, 15) is 5.11 Å². The van der Waals surface area contributed by atoms with Crippen LogP contribution in [0.1, 0.15) is 36.1 Å². The molecule has 1 unspecified atom stereocenters. The Hall–Kier alpha value is -3.02. The molecule has 0 spiro atoms. The zero-order valence-corrected chi connectivity index (χ0v) is 20.6. The lowest BCUT2D eigenvalue weighted by molar-refractivity contribution is -0.918. The van der Waals surface area contributed by atoms with Gasteiger partial charge in [-0.05, 0) is 41.0 Å². The highest BCUT2D eigenvalue weighted by molar-refractivity contribution is 5.47. The van der Waals surface area contributed by atoms with Crippen LogP contribution in [0.4, 0.5) is 0 Å². The zero-order valence-electron chi connectivity index (χ0n) is 20.6. The van der Waals surface area contributed by atoms with Crippen LogP contribution in [0.25, 0.3) is 0 Å². The molecule has 0 saturated heterocycles. The first-order valence-corrected chi connectivity index (χ1v) is 11.9. The minimum absolute atomic E-state index is 0.0834. The molecule has 0 radical (unpaired) electrons. The van der Waals surface area contributed by atoms with Gasteiger partial charge in [-0.25, -0.2) is 0 Å². The summed E-state index contributed by atoms with van der Waals surface area (Å²) in [6.45, 7) is 7.22. The van der Waals surface area contributed by atoms with Gasteiger partial charge in [-0.3, -0.25) is 0 Å². The highest BCUT2D eigenvalue weighted by Gasteiger charge is 2.25. The molecular formula is C29H36NO4+. The molecule has 4 rings (SSSR count). The first-order chi connectivity index (χ1) is 16.4. The second-order valence-electron chi connectivity index (χ2n) is 9.59. The van der Waals surface area contributed by atoms with Crippen LogP contribution in [0.3, 0.4) is 0 Å². The van der Waals surface area contributed by atoms with Crippen molar-refractivity contribution in [2.75, 3.05) is 33.9 Å². The third kappa shape index (κ3) is 5.37. The molecular weight excluding hydrogens is 426 g/mol. The van der Waals surface area contributed by atoms with Gasteiger partial charge in [0.15, 0.2) is 11.5 Å². The smallest absolute Gasteiger partial charge is 0.161 e. The maximum atomic E-state index is 10.6. The van der Waals surface area contributed by atoms with E-state index < -0.39 is 6.10 Å². The molecule has 2 atom stereocenters. The number of ether oxygens (including phenoxy) is 3. The predicted octanol–water partition coefficient (Wildman–Crippen LogP) is 3.41. The van der Waals surface area contributed by atoms with Gasteiger partial charge in [-0.2, -0.15) is 0 Å². The lowest BCUT2D eigenvalue weighted by Gasteiger charge is -2.28. The number of quaternary nitrogens is 1. The highest BCUT2D eigenvalue weighted by atomic mass is 16.5. The molecule has 0 aromatic heterocycles. The van der Waals surface area contributed by atoms with Crippen LogP contribution in [0.5, 0.6) is 17.2 Å². The Kier molecular flexibility index (Phi) is 7.44. The van der Waals surface area contributed by atoms with Gasteiger partial charge >= 0.3 is 0 Å². The van der Waals surface area contributed by atoms with Crippen molar-refractivity contribution in [3.05, 3.63) is 89.0 Å². The third-order valence-electron chi connectivity index (χ3n) is 6.93. The Morgan fingerprint density at radius 3 is 2.15 bits per heavy atom. The Morgan fingerprint density at radius 2 is 1.50 bits per heavy atom. The molecule has 0 fully saturated rings. The largest absolute Gasteiger partial charge is 0.493 e. The van der Waals surface area contributed by atoms with Crippen molar-refractivity contribution < 1.29 is 24.2 Å². The minimum atomic E-state index is -0.530. The van der Waals surface area contributed by atoms with E-state index in [-0.39, 0.29) is 12.0 Å². The van der Waals surface area contributed by atoms with E-state index in [0.29, 0.717) is 6.54 Å². The Labute approximate surface area is 202 Å². The topological polar surface area (TPSA) is 52.4 Å². The van der Waals surface area contributed by atoms with E-state index in [1.54, 1.807) is 14.2 Å². The number of fused-ring (bicyclic) bond motifs is 1. The molecule has 1 aliphatic rings. The lowest BCUT2D eigenvalue weighted by Crippen LogP contribution is -3.13. The molecule has 5 nitrogen and oxygen atoms in total. The molecule has 5 heteroatoms. The lowest BCUT2D eigenvalue weighted by atomic mass is 9.78. The van der Waals surface area contributed by atoms with Gasteiger partial charge in [0.2, 0.25) is 0 Å². The van der Waals surface area contributed by atoms with Crippen molar-refractivity contribution in [2.45, 2.75) is 38.3 Å². The van der Waals surface area contributed by atoms with Crippen LogP contribution in [-0.4, -0.2) is 45.1 Å². The van der Waals surface area contributed by atoms with E-state index >= 15 is 0 Å². The first-order valence-electron chi connectivity index (χ1n) is 11.9. The van der Waals surface area contributed by atoms with Crippen LogP contribution in [0.2, 0.25) is 0 Å². The zero-order chi connectivity index (χ0) is 24.1. The normalized spacial score (nSPS) is 16.4. The predicted molar refractivity (Wildman–Crippen MR) is 134 cm³/mol. The molecule has 0 aliphatic carbocycles. The van der Waals surface area contributed by atoms with Gasteiger partial charge in [0.05, 0.1) is 20.8 Å². The molecule has 1 aliphatic heterocycles. The summed E-state index contributed by atoms with van der Waals surface area (Å²) in [7, 11) is 3.33. The number of aliphatic hydroxyl groups is 1. The second kappa shape index (κ2) is 10.5. The minimum Gasteiger partial charge on any atom is -0.493 e. The average Bonchev–Trinajstić information content (AvgIpc) is 2.87. The molecule has 0 bridgehead atoms. The summed E-state index contributed by atoms with van der Waals surface area (Å²) in [6.07, 6.45) is 0.425. The van der Waals surface area contributed by atoms with Crippen LogP contribution in [0.15, 0.2) is 66.7 Å². The van der Waals surface area contributed by atoms with E-state index in [1.165, 1.54) is 27.2 Å². The fourth-order valence-corrected chi connectivity index (χ4v) is 4.78. The Bertz CT molecular complexity index is 1080. The van der Waals surface area contributed by atoms with Crippen LogP contribution in [0, 0.1) is 0 Å². The molecule has 0 amide bonds. The van der Waals surface area contributed by atoms with E-state index in [4.69, 9.17) is 14.2 Å². The van der Waals surface area contributed by atoms with Crippen molar-refractivity contribution in [2.24, 2.45) is 0 Å². The molecule has 34 heavy (non-hydrogen) atoms. The van der Waals surface area contributed by atoms with Gasteiger partial charge in [0, 0.05) is 17.4 Å². The molecule has 3 aromatic rings. The van der Waals surface area contributed by atoms with Crippen LogP contribution in [-0.2, 0) is 18.4 Å².